The van der Waals surface area contributed by atoms with Gasteiger partial charge in [0.05, 0.1) is 10.6 Å². The van der Waals surface area contributed by atoms with Crippen LogP contribution in [0, 0.1) is 5.92 Å². The Kier molecular flexibility index (Phi) is 6.90. The minimum Gasteiger partial charge on any atom is -0.335 e. The normalized spacial score (nSPS) is 11.2. The Labute approximate surface area is 132 Å². The number of hydrogen-bond acceptors (Lipinski definition) is 2. The average molecular weight is 314 g/mol. The first-order valence-corrected chi connectivity index (χ1v) is 8.02. The first-order valence-electron chi connectivity index (χ1n) is 7.20. The Bertz CT molecular complexity index is 458. The van der Waals surface area contributed by atoms with Gasteiger partial charge in [-0.2, -0.15) is 0 Å². The van der Waals surface area contributed by atoms with E-state index in [0.717, 1.165) is 24.3 Å². The van der Waals surface area contributed by atoms with Gasteiger partial charge in [0.15, 0.2) is 0 Å². The quantitative estimate of drug-likeness (QED) is 0.739. The molecule has 112 valence electrons. The number of benzene rings is 1. The van der Waals surface area contributed by atoms with Gasteiger partial charge < -0.3 is 4.90 Å². The van der Waals surface area contributed by atoms with Crippen molar-refractivity contribution < 1.29 is 4.79 Å². The minimum absolute atomic E-state index is 0.00769. The Morgan fingerprint density at radius 3 is 2.40 bits per heavy atom. The highest BCUT2D eigenvalue weighted by Crippen LogP contribution is 2.24. The van der Waals surface area contributed by atoms with Crippen LogP contribution in [-0.2, 0) is 0 Å². The number of halogens is 1. The van der Waals surface area contributed by atoms with Crippen molar-refractivity contribution in [2.75, 3.05) is 6.54 Å². The summed E-state index contributed by atoms with van der Waals surface area (Å²) < 4.78 is 0. The largest absolute Gasteiger partial charge is 0.335 e. The van der Waals surface area contributed by atoms with E-state index in [1.165, 1.54) is 0 Å². The predicted octanol–water partition coefficient (Wildman–Crippen LogP) is 4.92. The van der Waals surface area contributed by atoms with Crippen LogP contribution in [0.2, 0.25) is 5.02 Å². The van der Waals surface area contributed by atoms with E-state index in [9.17, 15) is 4.79 Å². The third-order valence-corrected chi connectivity index (χ3v) is 3.99. The van der Waals surface area contributed by atoms with Gasteiger partial charge in [-0.05, 0) is 37.0 Å². The van der Waals surface area contributed by atoms with Crippen LogP contribution >= 0.6 is 24.2 Å². The summed E-state index contributed by atoms with van der Waals surface area (Å²) in [7, 11) is 0. The summed E-state index contributed by atoms with van der Waals surface area (Å²) in [5, 5.41) is 0.493. The molecule has 0 spiro atoms. The van der Waals surface area contributed by atoms with Crippen LogP contribution in [0.1, 0.15) is 50.9 Å². The predicted molar refractivity (Wildman–Crippen MR) is 88.9 cm³/mol. The van der Waals surface area contributed by atoms with Crippen LogP contribution in [0.25, 0.3) is 0 Å². The molecule has 1 rings (SSSR count). The lowest BCUT2D eigenvalue weighted by atomic mass is 10.1. The molecule has 0 N–H and O–H groups in total. The van der Waals surface area contributed by atoms with E-state index in [1.807, 2.05) is 4.90 Å². The van der Waals surface area contributed by atoms with Crippen LogP contribution in [0.5, 0.6) is 0 Å². The van der Waals surface area contributed by atoms with E-state index in [4.69, 9.17) is 11.6 Å². The van der Waals surface area contributed by atoms with Gasteiger partial charge in [0.2, 0.25) is 0 Å². The van der Waals surface area contributed by atoms with E-state index in [1.54, 1.807) is 18.2 Å². The zero-order valence-electron chi connectivity index (χ0n) is 12.7. The number of thiol groups is 1. The number of amides is 1. The molecule has 0 aliphatic carbocycles. The summed E-state index contributed by atoms with van der Waals surface area (Å²) in [5.41, 5.74) is 0.548. The monoisotopic (exact) mass is 313 g/mol. The smallest absolute Gasteiger partial charge is 0.255 e. The van der Waals surface area contributed by atoms with Gasteiger partial charge in [-0.15, -0.1) is 12.6 Å². The molecule has 0 fully saturated rings. The van der Waals surface area contributed by atoms with Crippen molar-refractivity contribution in [2.24, 2.45) is 5.92 Å². The van der Waals surface area contributed by atoms with Crippen molar-refractivity contribution in [3.8, 4) is 0 Å². The van der Waals surface area contributed by atoms with Crippen molar-refractivity contribution >= 4 is 30.1 Å². The molecular weight excluding hydrogens is 290 g/mol. The fraction of sp³-hybridized carbons (Fsp3) is 0.562. The third-order valence-electron chi connectivity index (χ3n) is 3.39. The maximum Gasteiger partial charge on any atom is 0.255 e. The van der Waals surface area contributed by atoms with E-state index in [2.05, 4.69) is 40.3 Å². The molecule has 0 radical (unpaired) electrons. The lowest BCUT2D eigenvalue weighted by Gasteiger charge is -2.32. The molecule has 0 saturated heterocycles. The molecule has 1 aromatic carbocycles. The van der Waals surface area contributed by atoms with Gasteiger partial charge in [-0.25, -0.2) is 0 Å². The molecule has 1 aromatic rings. The molecule has 0 aliphatic rings. The summed E-state index contributed by atoms with van der Waals surface area (Å²) in [6.45, 7) is 9.23. The molecule has 0 saturated carbocycles. The zero-order chi connectivity index (χ0) is 15.3. The highest BCUT2D eigenvalue weighted by molar-refractivity contribution is 7.80. The summed E-state index contributed by atoms with van der Waals surface area (Å²) >= 11 is 10.5. The Morgan fingerprint density at radius 1 is 1.30 bits per heavy atom. The van der Waals surface area contributed by atoms with E-state index < -0.39 is 0 Å². The van der Waals surface area contributed by atoms with Crippen LogP contribution in [0.4, 0.5) is 0 Å². The maximum absolute atomic E-state index is 12.8. The fourth-order valence-corrected chi connectivity index (χ4v) is 2.75. The lowest BCUT2D eigenvalue weighted by Crippen LogP contribution is -2.42. The van der Waals surface area contributed by atoms with Gasteiger partial charge in [-0.1, -0.05) is 39.3 Å². The van der Waals surface area contributed by atoms with Gasteiger partial charge in [0.1, 0.15) is 0 Å². The van der Waals surface area contributed by atoms with Crippen LogP contribution in [-0.4, -0.2) is 23.4 Å². The van der Waals surface area contributed by atoms with Crippen molar-refractivity contribution in [1.82, 2.24) is 4.90 Å². The van der Waals surface area contributed by atoms with Crippen molar-refractivity contribution in [1.29, 1.82) is 0 Å². The van der Waals surface area contributed by atoms with E-state index >= 15 is 0 Å². The lowest BCUT2D eigenvalue weighted by molar-refractivity contribution is 0.0640. The number of rotatable bonds is 6. The molecule has 4 heteroatoms. The molecular formula is C16H24ClNOS. The Morgan fingerprint density at radius 2 is 1.90 bits per heavy atom. The second-order valence-electron chi connectivity index (χ2n) is 5.49. The highest BCUT2D eigenvalue weighted by Gasteiger charge is 2.24. The third kappa shape index (κ3) is 4.42. The molecule has 0 heterocycles. The molecule has 0 unspecified atom stereocenters. The second kappa shape index (κ2) is 7.94. The van der Waals surface area contributed by atoms with E-state index in [0.29, 0.717) is 16.5 Å². The molecule has 20 heavy (non-hydrogen) atoms. The Hall–Kier alpha value is -0.670. The molecule has 0 bridgehead atoms. The SMILES string of the molecule is CCC(CC)N(CC(C)C)C(=O)c1cc(S)ccc1Cl. The number of nitrogens with zero attached hydrogens (tertiary/aromatic N) is 1. The van der Waals surface area contributed by atoms with Gasteiger partial charge in [-0.3, -0.25) is 4.79 Å². The van der Waals surface area contributed by atoms with Crippen LogP contribution < -0.4 is 0 Å². The molecule has 2 nitrogen and oxygen atoms in total. The van der Waals surface area contributed by atoms with E-state index in [-0.39, 0.29) is 11.9 Å². The summed E-state index contributed by atoms with van der Waals surface area (Å²) in [6.07, 6.45) is 1.90. The number of hydrogen-bond donors (Lipinski definition) is 1. The van der Waals surface area contributed by atoms with Gasteiger partial charge in [0, 0.05) is 17.5 Å². The zero-order valence-corrected chi connectivity index (χ0v) is 14.3. The maximum atomic E-state index is 12.8. The minimum atomic E-state index is 0.00769. The van der Waals surface area contributed by atoms with Crippen molar-refractivity contribution in [2.45, 2.75) is 51.5 Å². The molecule has 0 atom stereocenters. The topological polar surface area (TPSA) is 20.3 Å². The van der Waals surface area contributed by atoms with Gasteiger partial charge in [0.25, 0.3) is 5.91 Å². The van der Waals surface area contributed by atoms with Crippen molar-refractivity contribution in [3.63, 3.8) is 0 Å². The summed E-state index contributed by atoms with van der Waals surface area (Å²) in [5.74, 6) is 0.436. The number of carbonyl (C=O) groups is 1. The Balaban J connectivity index is 3.12. The standard InChI is InChI=1S/C16H24ClNOS/c1-5-12(6-2)18(10-11(3)4)16(19)14-9-13(20)7-8-15(14)17/h7-9,11-12,20H,5-6,10H2,1-4H3. The van der Waals surface area contributed by atoms with Crippen LogP contribution in [0.15, 0.2) is 23.1 Å². The number of carbonyl (C=O) groups excluding carboxylic acids is 1. The van der Waals surface area contributed by atoms with Crippen molar-refractivity contribution in [3.05, 3.63) is 28.8 Å². The summed E-state index contributed by atoms with van der Waals surface area (Å²) in [4.78, 5) is 15.5. The average Bonchev–Trinajstić information content (AvgIpc) is 2.40. The first kappa shape index (κ1) is 17.4. The highest BCUT2D eigenvalue weighted by atomic mass is 35.5. The molecule has 0 aliphatic heterocycles. The fourth-order valence-electron chi connectivity index (χ4n) is 2.35. The second-order valence-corrected chi connectivity index (χ2v) is 6.41. The van der Waals surface area contributed by atoms with Crippen LogP contribution in [0.3, 0.4) is 0 Å². The first-order chi connectivity index (χ1) is 9.40. The van der Waals surface area contributed by atoms with Gasteiger partial charge >= 0.3 is 0 Å². The molecule has 0 aromatic heterocycles. The molecule has 1 amide bonds. The summed E-state index contributed by atoms with van der Waals surface area (Å²) in [6, 6.07) is 5.54.